The molecule has 0 aromatic heterocycles. The summed E-state index contributed by atoms with van der Waals surface area (Å²) < 4.78 is 0. The Morgan fingerprint density at radius 2 is 2.17 bits per heavy atom. The first-order valence-corrected chi connectivity index (χ1v) is 7.12. The van der Waals surface area contributed by atoms with Crippen LogP contribution in [-0.2, 0) is 0 Å². The molecule has 0 aromatic rings. The molecule has 2 amide bonds. The first kappa shape index (κ1) is 10.8. The maximum atomic E-state index is 12.1. The molecule has 1 spiro atoms. The van der Waals surface area contributed by atoms with Gasteiger partial charge in [0.25, 0.3) is 0 Å². The third-order valence-corrected chi connectivity index (χ3v) is 5.20. The number of hydrogen-bond donors (Lipinski definition) is 1. The van der Waals surface area contributed by atoms with Crippen LogP contribution >= 0.6 is 0 Å². The summed E-state index contributed by atoms with van der Waals surface area (Å²) in [6.45, 7) is 3.09. The summed E-state index contributed by atoms with van der Waals surface area (Å²) in [5.74, 6) is 1.28. The quantitative estimate of drug-likeness (QED) is 0.786. The zero-order valence-corrected chi connectivity index (χ0v) is 10.6. The fourth-order valence-corrected chi connectivity index (χ4v) is 4.10. The minimum Gasteiger partial charge on any atom is -0.385 e. The van der Waals surface area contributed by atoms with Gasteiger partial charge < -0.3 is 10.6 Å². The third-order valence-electron chi connectivity index (χ3n) is 5.20. The molecule has 0 radical (unpaired) electrons. The molecule has 98 valence electrons. The molecule has 1 aliphatic carbocycles. The van der Waals surface area contributed by atoms with Gasteiger partial charge >= 0.3 is 6.03 Å². The van der Waals surface area contributed by atoms with Crippen molar-refractivity contribution in [2.75, 3.05) is 19.6 Å². The number of fused-ring (bicyclic) bond motifs is 2. The van der Waals surface area contributed by atoms with Crippen LogP contribution < -0.4 is 5.73 Å². The highest BCUT2D eigenvalue weighted by Crippen LogP contribution is 2.45. The molecule has 3 heterocycles. The van der Waals surface area contributed by atoms with Crippen molar-refractivity contribution in [3.63, 3.8) is 0 Å². The lowest BCUT2D eigenvalue weighted by atomic mass is 9.86. The van der Waals surface area contributed by atoms with E-state index < -0.39 is 0 Å². The Balaban J connectivity index is 1.70. The number of amides is 2. The third kappa shape index (κ3) is 1.25. The maximum absolute atomic E-state index is 12.1. The molecule has 2 atom stereocenters. The van der Waals surface area contributed by atoms with Crippen molar-refractivity contribution in [1.82, 2.24) is 9.80 Å². The summed E-state index contributed by atoms with van der Waals surface area (Å²) >= 11 is 0. The minimum atomic E-state index is -0.254. The highest BCUT2D eigenvalue weighted by Gasteiger charge is 2.60. The van der Waals surface area contributed by atoms with Crippen molar-refractivity contribution in [3.05, 3.63) is 0 Å². The molecule has 18 heavy (non-hydrogen) atoms. The van der Waals surface area contributed by atoms with Crippen LogP contribution in [0.2, 0.25) is 0 Å². The highest BCUT2D eigenvalue weighted by molar-refractivity contribution is 6.06. The average Bonchev–Trinajstić information content (AvgIpc) is 2.82. The number of aliphatic imine (C=N–C) groups is 1. The van der Waals surface area contributed by atoms with Crippen LogP contribution in [0.4, 0.5) is 4.79 Å². The van der Waals surface area contributed by atoms with Gasteiger partial charge in [-0.2, -0.15) is 4.99 Å². The molecule has 5 nitrogen and oxygen atoms in total. The van der Waals surface area contributed by atoms with Crippen LogP contribution in [0.15, 0.2) is 4.99 Å². The molecule has 0 aromatic carbocycles. The Kier molecular flexibility index (Phi) is 2.08. The van der Waals surface area contributed by atoms with Gasteiger partial charge in [0, 0.05) is 19.1 Å². The molecule has 4 rings (SSSR count). The fourth-order valence-electron chi connectivity index (χ4n) is 4.10. The second-order valence-electron chi connectivity index (χ2n) is 6.20. The first-order chi connectivity index (χ1) is 8.72. The number of nitrogens with two attached hydrogens (primary N) is 1. The van der Waals surface area contributed by atoms with Gasteiger partial charge in [-0.25, -0.2) is 4.79 Å². The molecule has 2 unspecified atom stereocenters. The zero-order valence-electron chi connectivity index (χ0n) is 10.6. The van der Waals surface area contributed by atoms with Crippen molar-refractivity contribution >= 4 is 11.9 Å². The molecule has 2 N–H and O–H groups in total. The molecule has 5 heteroatoms. The van der Waals surface area contributed by atoms with Crippen molar-refractivity contribution in [3.8, 4) is 0 Å². The Labute approximate surface area is 107 Å². The molecule has 2 saturated heterocycles. The largest absolute Gasteiger partial charge is 0.385 e. The number of nitrogens with zero attached hydrogens (tertiary/aromatic N) is 3. The van der Waals surface area contributed by atoms with Gasteiger partial charge in [0.1, 0.15) is 11.4 Å². The summed E-state index contributed by atoms with van der Waals surface area (Å²) in [6.07, 6.45) is 5.88. The van der Waals surface area contributed by atoms with Crippen molar-refractivity contribution < 1.29 is 4.79 Å². The summed E-state index contributed by atoms with van der Waals surface area (Å²) in [5, 5.41) is 0. The predicted octanol–water partition coefficient (Wildman–Crippen LogP) is 0.796. The molecular weight excluding hydrogens is 228 g/mol. The minimum absolute atomic E-state index is 0.0897. The predicted molar refractivity (Wildman–Crippen MR) is 68.4 cm³/mol. The Morgan fingerprint density at radius 1 is 1.33 bits per heavy atom. The summed E-state index contributed by atoms with van der Waals surface area (Å²) in [4.78, 5) is 20.8. The van der Waals surface area contributed by atoms with Crippen molar-refractivity contribution in [2.24, 2.45) is 16.6 Å². The maximum Gasteiger partial charge on any atom is 0.346 e. The normalized spacial score (nSPS) is 39.8. The summed E-state index contributed by atoms with van der Waals surface area (Å²) in [5.41, 5.74) is 5.91. The van der Waals surface area contributed by atoms with Gasteiger partial charge in [-0.3, -0.25) is 4.90 Å². The van der Waals surface area contributed by atoms with E-state index in [9.17, 15) is 4.79 Å². The van der Waals surface area contributed by atoms with E-state index in [1.54, 1.807) is 0 Å². The van der Waals surface area contributed by atoms with Crippen molar-refractivity contribution in [2.45, 2.75) is 43.7 Å². The van der Waals surface area contributed by atoms with E-state index in [4.69, 9.17) is 5.73 Å². The highest BCUT2D eigenvalue weighted by atomic mass is 16.2. The molecule has 3 aliphatic heterocycles. The van der Waals surface area contributed by atoms with Crippen LogP contribution in [0, 0.1) is 5.92 Å². The van der Waals surface area contributed by atoms with Gasteiger partial charge in [-0.15, -0.1) is 0 Å². The lowest BCUT2D eigenvalue weighted by molar-refractivity contribution is 0.142. The van der Waals surface area contributed by atoms with E-state index >= 15 is 0 Å². The van der Waals surface area contributed by atoms with E-state index in [1.807, 2.05) is 4.90 Å². The molecular formula is C13H20N4O. The first-order valence-electron chi connectivity index (χ1n) is 7.12. The van der Waals surface area contributed by atoms with E-state index in [1.165, 1.54) is 19.3 Å². The lowest BCUT2D eigenvalue weighted by Crippen LogP contribution is -2.60. The number of carbonyl (C=O) groups is 1. The topological polar surface area (TPSA) is 61.9 Å². The number of urea groups is 1. The summed E-state index contributed by atoms with van der Waals surface area (Å²) in [6, 6.07) is 0.333. The van der Waals surface area contributed by atoms with Gasteiger partial charge in [0.2, 0.25) is 0 Å². The van der Waals surface area contributed by atoms with Crippen LogP contribution in [0.3, 0.4) is 0 Å². The molecule has 0 bridgehead atoms. The lowest BCUT2D eigenvalue weighted by Gasteiger charge is -2.39. The molecule has 3 fully saturated rings. The van der Waals surface area contributed by atoms with Crippen LogP contribution in [0.5, 0.6) is 0 Å². The van der Waals surface area contributed by atoms with E-state index in [0.717, 1.165) is 32.5 Å². The van der Waals surface area contributed by atoms with Gasteiger partial charge in [0.05, 0.1) is 0 Å². The number of carbonyl (C=O) groups excluding carboxylic acids is 1. The fraction of sp³-hybridized carbons (Fsp3) is 0.846. The number of rotatable bonds is 2. The van der Waals surface area contributed by atoms with E-state index in [-0.39, 0.29) is 11.6 Å². The molecule has 4 aliphatic rings. The van der Waals surface area contributed by atoms with Crippen LogP contribution in [0.25, 0.3) is 0 Å². The zero-order chi connectivity index (χ0) is 12.3. The van der Waals surface area contributed by atoms with Crippen LogP contribution in [0.1, 0.15) is 32.1 Å². The Morgan fingerprint density at radius 3 is 2.94 bits per heavy atom. The number of amidine groups is 1. The van der Waals surface area contributed by atoms with Crippen LogP contribution in [-0.4, -0.2) is 52.9 Å². The Hall–Kier alpha value is -1.10. The number of hydrogen-bond acceptors (Lipinski definition) is 3. The second kappa shape index (κ2) is 3.47. The van der Waals surface area contributed by atoms with Gasteiger partial charge in [0.15, 0.2) is 0 Å². The SMILES string of the molecule is NC1=NC(=O)N(CC2CC2)C12CCN1CCCC12. The van der Waals surface area contributed by atoms with E-state index in [2.05, 4.69) is 9.89 Å². The smallest absolute Gasteiger partial charge is 0.346 e. The second-order valence-corrected chi connectivity index (χ2v) is 6.20. The van der Waals surface area contributed by atoms with E-state index in [0.29, 0.717) is 17.8 Å². The monoisotopic (exact) mass is 248 g/mol. The Bertz CT molecular complexity index is 431. The standard InChI is InChI=1S/C13H20N4O/c14-11-13(5-7-16-6-1-2-10(13)16)17(12(18)15-11)8-9-3-4-9/h9-10H,1-8H2,(H2,14,15,18). The molecule has 1 saturated carbocycles. The van der Waals surface area contributed by atoms with Crippen molar-refractivity contribution in [1.29, 1.82) is 0 Å². The summed E-state index contributed by atoms with van der Waals surface area (Å²) in [7, 11) is 0. The van der Waals surface area contributed by atoms with Gasteiger partial charge in [-0.1, -0.05) is 0 Å². The van der Waals surface area contributed by atoms with Gasteiger partial charge in [-0.05, 0) is 44.6 Å². The average molecular weight is 248 g/mol.